The number of aryl methyl sites for hydroxylation is 2. The van der Waals surface area contributed by atoms with Crippen LogP contribution < -0.4 is 0 Å². The van der Waals surface area contributed by atoms with Gasteiger partial charge in [0.25, 0.3) is 5.69 Å². The molecule has 0 aliphatic rings. The van der Waals surface area contributed by atoms with Gasteiger partial charge >= 0.3 is 0 Å². The molecule has 2 N–H and O–H groups in total. The molecule has 2 rings (SSSR count). The normalized spacial score (nSPS) is 11.0. The molecular formula is C15H14N2O4. The average molecular weight is 286 g/mol. The molecule has 0 amide bonds. The molecule has 0 saturated heterocycles. The molecule has 6 heteroatoms. The van der Waals surface area contributed by atoms with Gasteiger partial charge in [0.15, 0.2) is 0 Å². The van der Waals surface area contributed by atoms with Gasteiger partial charge in [0.1, 0.15) is 17.2 Å². The average Bonchev–Trinajstić information content (AvgIpc) is 2.42. The standard InChI is InChI=1S/C15H14N2O4/c1-9-5-10(2)15(19)13(6-9)16-8-11-7-12(17(20)21)3-4-14(11)18/h3-8,18-19H,1-2H3. The number of nitrogens with zero attached hydrogens (tertiary/aromatic N) is 2. The molecule has 0 heterocycles. The topological polar surface area (TPSA) is 96.0 Å². The number of aromatic hydroxyl groups is 2. The third-order valence-electron chi connectivity index (χ3n) is 2.99. The summed E-state index contributed by atoms with van der Waals surface area (Å²) in [5.41, 5.74) is 2.03. The van der Waals surface area contributed by atoms with Gasteiger partial charge in [-0.25, -0.2) is 0 Å². The fourth-order valence-electron chi connectivity index (χ4n) is 1.93. The van der Waals surface area contributed by atoms with Gasteiger partial charge in [-0.2, -0.15) is 0 Å². The largest absolute Gasteiger partial charge is 0.507 e. The van der Waals surface area contributed by atoms with Gasteiger partial charge in [0.2, 0.25) is 0 Å². The van der Waals surface area contributed by atoms with E-state index in [0.29, 0.717) is 11.3 Å². The maximum absolute atomic E-state index is 10.7. The smallest absolute Gasteiger partial charge is 0.270 e. The summed E-state index contributed by atoms with van der Waals surface area (Å²) in [7, 11) is 0. The molecule has 2 aromatic rings. The summed E-state index contributed by atoms with van der Waals surface area (Å²) in [4.78, 5) is 14.3. The van der Waals surface area contributed by atoms with E-state index in [2.05, 4.69) is 4.99 Å². The molecule has 0 aliphatic heterocycles. The monoisotopic (exact) mass is 286 g/mol. The van der Waals surface area contributed by atoms with Gasteiger partial charge in [-0.15, -0.1) is 0 Å². The van der Waals surface area contributed by atoms with Gasteiger partial charge < -0.3 is 10.2 Å². The Balaban J connectivity index is 2.42. The number of phenols is 2. The zero-order chi connectivity index (χ0) is 15.6. The van der Waals surface area contributed by atoms with Crippen LogP contribution in [-0.4, -0.2) is 21.4 Å². The fraction of sp³-hybridized carbons (Fsp3) is 0.133. The van der Waals surface area contributed by atoms with Crippen molar-refractivity contribution in [2.24, 2.45) is 4.99 Å². The molecule has 21 heavy (non-hydrogen) atoms. The van der Waals surface area contributed by atoms with Crippen LogP contribution in [0.4, 0.5) is 11.4 Å². The van der Waals surface area contributed by atoms with Crippen LogP contribution in [0.25, 0.3) is 0 Å². The van der Waals surface area contributed by atoms with E-state index in [1.54, 1.807) is 13.0 Å². The molecule has 0 fully saturated rings. The predicted molar refractivity (Wildman–Crippen MR) is 79.6 cm³/mol. The Labute approximate surface area is 121 Å². The first-order valence-electron chi connectivity index (χ1n) is 6.20. The third kappa shape index (κ3) is 3.17. The molecular weight excluding hydrogens is 272 g/mol. The van der Waals surface area contributed by atoms with Crippen LogP contribution in [0.2, 0.25) is 0 Å². The Morgan fingerprint density at radius 3 is 2.57 bits per heavy atom. The Morgan fingerprint density at radius 1 is 1.19 bits per heavy atom. The van der Waals surface area contributed by atoms with Crippen LogP contribution in [0.1, 0.15) is 16.7 Å². The molecule has 0 atom stereocenters. The Morgan fingerprint density at radius 2 is 1.90 bits per heavy atom. The molecule has 0 bridgehead atoms. The van der Waals surface area contributed by atoms with Crippen LogP contribution in [0, 0.1) is 24.0 Å². The minimum absolute atomic E-state index is 0.0433. The maximum atomic E-state index is 10.7. The van der Waals surface area contributed by atoms with Crippen molar-refractivity contribution in [3.63, 3.8) is 0 Å². The number of aliphatic imine (C=N–C) groups is 1. The summed E-state index contributed by atoms with van der Waals surface area (Å²) in [5.74, 6) is -0.0741. The summed E-state index contributed by atoms with van der Waals surface area (Å²) >= 11 is 0. The Bertz CT molecular complexity index is 739. The van der Waals surface area contributed by atoms with E-state index in [-0.39, 0.29) is 22.7 Å². The van der Waals surface area contributed by atoms with Gasteiger partial charge in [0, 0.05) is 23.9 Å². The van der Waals surface area contributed by atoms with Gasteiger partial charge in [-0.05, 0) is 37.1 Å². The summed E-state index contributed by atoms with van der Waals surface area (Å²) in [6.45, 7) is 3.63. The second-order valence-electron chi connectivity index (χ2n) is 4.71. The summed E-state index contributed by atoms with van der Waals surface area (Å²) in [5, 5.41) is 30.3. The highest BCUT2D eigenvalue weighted by atomic mass is 16.6. The van der Waals surface area contributed by atoms with E-state index >= 15 is 0 Å². The maximum Gasteiger partial charge on any atom is 0.270 e. The van der Waals surface area contributed by atoms with Crippen molar-refractivity contribution in [1.82, 2.24) is 0 Å². The number of benzene rings is 2. The second-order valence-corrected chi connectivity index (χ2v) is 4.71. The van der Waals surface area contributed by atoms with Crippen molar-refractivity contribution in [3.8, 4) is 11.5 Å². The first-order valence-corrected chi connectivity index (χ1v) is 6.20. The number of hydrogen-bond acceptors (Lipinski definition) is 5. The first-order chi connectivity index (χ1) is 9.88. The fourth-order valence-corrected chi connectivity index (χ4v) is 1.93. The second kappa shape index (κ2) is 5.62. The van der Waals surface area contributed by atoms with Crippen LogP contribution in [0.3, 0.4) is 0 Å². The Hall–Kier alpha value is -2.89. The highest BCUT2D eigenvalue weighted by molar-refractivity contribution is 5.87. The van der Waals surface area contributed by atoms with Crippen molar-refractivity contribution < 1.29 is 15.1 Å². The molecule has 0 aromatic heterocycles. The van der Waals surface area contributed by atoms with Crippen LogP contribution >= 0.6 is 0 Å². The quantitative estimate of drug-likeness (QED) is 0.513. The van der Waals surface area contributed by atoms with E-state index in [1.165, 1.54) is 24.4 Å². The van der Waals surface area contributed by atoms with Gasteiger partial charge in [0.05, 0.1) is 4.92 Å². The lowest BCUT2D eigenvalue weighted by Gasteiger charge is -2.05. The highest BCUT2D eigenvalue weighted by Crippen LogP contribution is 2.31. The molecule has 2 aromatic carbocycles. The summed E-state index contributed by atoms with van der Waals surface area (Å²) in [6, 6.07) is 7.17. The predicted octanol–water partition coefficient (Wildman–Crippen LogP) is 3.37. The molecule has 0 spiro atoms. The van der Waals surface area contributed by atoms with Crippen LogP contribution in [0.15, 0.2) is 35.3 Å². The molecule has 0 saturated carbocycles. The highest BCUT2D eigenvalue weighted by Gasteiger charge is 2.09. The number of non-ortho nitro benzene ring substituents is 1. The van der Waals surface area contributed by atoms with E-state index in [4.69, 9.17) is 0 Å². The minimum Gasteiger partial charge on any atom is -0.507 e. The zero-order valence-corrected chi connectivity index (χ0v) is 11.6. The third-order valence-corrected chi connectivity index (χ3v) is 2.99. The van der Waals surface area contributed by atoms with E-state index < -0.39 is 4.92 Å². The van der Waals surface area contributed by atoms with Crippen molar-refractivity contribution in [2.75, 3.05) is 0 Å². The zero-order valence-electron chi connectivity index (χ0n) is 11.6. The number of nitro benzene ring substituents is 1. The number of nitro groups is 1. The molecule has 0 radical (unpaired) electrons. The van der Waals surface area contributed by atoms with Crippen molar-refractivity contribution in [2.45, 2.75) is 13.8 Å². The lowest BCUT2D eigenvalue weighted by molar-refractivity contribution is -0.384. The SMILES string of the molecule is Cc1cc(C)c(O)c(N=Cc2cc([N+](=O)[O-])ccc2O)c1. The van der Waals surface area contributed by atoms with Crippen LogP contribution in [0.5, 0.6) is 11.5 Å². The van der Waals surface area contributed by atoms with E-state index in [1.807, 2.05) is 13.0 Å². The van der Waals surface area contributed by atoms with Gasteiger partial charge in [-0.3, -0.25) is 15.1 Å². The van der Waals surface area contributed by atoms with E-state index in [0.717, 1.165) is 5.56 Å². The van der Waals surface area contributed by atoms with Gasteiger partial charge in [-0.1, -0.05) is 6.07 Å². The number of phenolic OH excluding ortho intramolecular Hbond substituents is 2. The number of rotatable bonds is 3. The number of hydrogen-bond donors (Lipinski definition) is 2. The van der Waals surface area contributed by atoms with Crippen molar-refractivity contribution >= 4 is 17.6 Å². The lowest BCUT2D eigenvalue weighted by atomic mass is 10.1. The molecule has 0 aliphatic carbocycles. The van der Waals surface area contributed by atoms with Crippen molar-refractivity contribution in [1.29, 1.82) is 0 Å². The molecule has 6 nitrogen and oxygen atoms in total. The summed E-state index contributed by atoms with van der Waals surface area (Å²) < 4.78 is 0. The first kappa shape index (κ1) is 14.5. The minimum atomic E-state index is -0.551. The Kier molecular flexibility index (Phi) is 3.89. The molecule has 108 valence electrons. The summed E-state index contributed by atoms with van der Waals surface area (Å²) in [6.07, 6.45) is 1.29. The van der Waals surface area contributed by atoms with E-state index in [9.17, 15) is 20.3 Å². The molecule has 0 unspecified atom stereocenters. The van der Waals surface area contributed by atoms with Crippen LogP contribution in [-0.2, 0) is 0 Å². The van der Waals surface area contributed by atoms with Crippen molar-refractivity contribution in [3.05, 3.63) is 57.1 Å². The lowest BCUT2D eigenvalue weighted by Crippen LogP contribution is -1.90.